The first kappa shape index (κ1) is 16.3. The van der Waals surface area contributed by atoms with Gasteiger partial charge in [0.25, 0.3) is 0 Å². The Morgan fingerprint density at radius 3 is 2.48 bits per heavy atom. The lowest BCUT2D eigenvalue weighted by molar-refractivity contribution is -0.156. The number of methoxy groups -OCH3 is 2. The molecule has 2 rings (SSSR count). The highest BCUT2D eigenvalue weighted by molar-refractivity contribution is 8.01. The fourth-order valence-corrected chi connectivity index (χ4v) is 4.88. The van der Waals surface area contributed by atoms with Gasteiger partial charge in [0.05, 0.1) is 20.8 Å². The fraction of sp³-hybridized carbons (Fsp3) is 0.714. The van der Waals surface area contributed by atoms with E-state index in [1.165, 1.54) is 26.0 Å². The smallest absolute Gasteiger partial charge is 0.326 e. The van der Waals surface area contributed by atoms with Gasteiger partial charge in [0.15, 0.2) is 4.75 Å². The van der Waals surface area contributed by atoms with Crippen LogP contribution in [0.1, 0.15) is 13.8 Å². The molecule has 4 atom stereocenters. The van der Waals surface area contributed by atoms with Gasteiger partial charge in [0.1, 0.15) is 17.1 Å². The lowest BCUT2D eigenvalue weighted by Gasteiger charge is -2.41. The molecule has 6 nitrogen and oxygen atoms in total. The van der Waals surface area contributed by atoms with Gasteiger partial charge >= 0.3 is 11.9 Å². The largest absolute Gasteiger partial charge is 0.469 e. The van der Waals surface area contributed by atoms with Crippen LogP contribution in [0.5, 0.6) is 0 Å². The van der Waals surface area contributed by atoms with Crippen molar-refractivity contribution in [3.8, 4) is 0 Å². The minimum Gasteiger partial charge on any atom is -0.469 e. The van der Waals surface area contributed by atoms with E-state index < -0.39 is 33.8 Å². The van der Waals surface area contributed by atoms with Crippen LogP contribution in [-0.2, 0) is 23.8 Å². The minimum atomic E-state index is -1.28. The third kappa shape index (κ3) is 2.02. The van der Waals surface area contributed by atoms with Crippen molar-refractivity contribution >= 4 is 23.7 Å². The number of hydrogen-bond donors (Lipinski definition) is 1. The summed E-state index contributed by atoms with van der Waals surface area (Å²) in [5.74, 6) is -1.63. The Labute approximate surface area is 127 Å². The zero-order valence-corrected chi connectivity index (χ0v) is 13.4. The zero-order chi connectivity index (χ0) is 15.9. The molecule has 2 heterocycles. The summed E-state index contributed by atoms with van der Waals surface area (Å²) in [6, 6.07) is 0. The maximum atomic E-state index is 12.6. The van der Waals surface area contributed by atoms with E-state index in [1.807, 2.05) is 0 Å². The monoisotopic (exact) mass is 316 g/mol. The second-order valence-electron chi connectivity index (χ2n) is 5.48. The van der Waals surface area contributed by atoms with Gasteiger partial charge in [-0.2, -0.15) is 0 Å². The van der Waals surface area contributed by atoms with Crippen molar-refractivity contribution in [2.75, 3.05) is 26.6 Å². The summed E-state index contributed by atoms with van der Waals surface area (Å²) in [4.78, 5) is 24.9. The molecule has 0 radical (unpaired) electrons. The van der Waals surface area contributed by atoms with Crippen molar-refractivity contribution in [3.63, 3.8) is 0 Å². The summed E-state index contributed by atoms with van der Waals surface area (Å²) in [5.41, 5.74) is -1.92. The summed E-state index contributed by atoms with van der Waals surface area (Å²) in [6.07, 6.45) is 3.57. The quantitative estimate of drug-likeness (QED) is 0.585. The van der Waals surface area contributed by atoms with Crippen LogP contribution in [0.2, 0.25) is 0 Å². The Morgan fingerprint density at radius 2 is 1.95 bits per heavy atom. The molecular formula is C14H20O6S. The maximum Gasteiger partial charge on any atom is 0.326 e. The van der Waals surface area contributed by atoms with Gasteiger partial charge in [0, 0.05) is 5.75 Å². The van der Waals surface area contributed by atoms with Crippen LogP contribution in [0.25, 0.3) is 0 Å². The van der Waals surface area contributed by atoms with Crippen LogP contribution in [0.3, 0.4) is 0 Å². The van der Waals surface area contributed by atoms with Crippen molar-refractivity contribution in [1.82, 2.24) is 0 Å². The van der Waals surface area contributed by atoms with Gasteiger partial charge in [0.2, 0.25) is 0 Å². The summed E-state index contributed by atoms with van der Waals surface area (Å²) in [5, 5.41) is 9.15. The van der Waals surface area contributed by atoms with E-state index >= 15 is 0 Å². The number of fused-ring (bicyclic) bond motifs is 2. The number of carbonyl (C=O) groups is 2. The van der Waals surface area contributed by atoms with E-state index in [9.17, 15) is 9.59 Å². The van der Waals surface area contributed by atoms with Crippen molar-refractivity contribution in [3.05, 3.63) is 12.2 Å². The van der Waals surface area contributed by atoms with Crippen LogP contribution < -0.4 is 0 Å². The van der Waals surface area contributed by atoms with E-state index in [-0.39, 0.29) is 12.4 Å². The fourth-order valence-electron chi connectivity index (χ4n) is 3.38. The van der Waals surface area contributed by atoms with Gasteiger partial charge < -0.3 is 19.3 Å². The van der Waals surface area contributed by atoms with Crippen LogP contribution >= 0.6 is 11.8 Å². The Balaban J connectivity index is 2.60. The molecule has 1 saturated heterocycles. The number of hydrogen-bond acceptors (Lipinski definition) is 7. The first-order chi connectivity index (χ1) is 9.81. The van der Waals surface area contributed by atoms with E-state index in [4.69, 9.17) is 19.3 Å². The molecule has 0 saturated carbocycles. The SMILES string of the molecule is COC(=O)C1C2(C)C=CC(C)(O2)C1(SCCO)C(=O)OC. The van der Waals surface area contributed by atoms with Crippen LogP contribution in [0.15, 0.2) is 12.2 Å². The van der Waals surface area contributed by atoms with Gasteiger partial charge in [-0.25, -0.2) is 0 Å². The Morgan fingerprint density at radius 1 is 1.29 bits per heavy atom. The van der Waals surface area contributed by atoms with Gasteiger partial charge in [-0.05, 0) is 13.8 Å². The molecule has 0 amide bonds. The van der Waals surface area contributed by atoms with Crippen molar-refractivity contribution in [2.24, 2.45) is 5.92 Å². The Hall–Kier alpha value is -1.05. The molecule has 2 aliphatic rings. The average molecular weight is 316 g/mol. The number of ether oxygens (including phenoxy) is 3. The normalized spacial score (nSPS) is 40.3. The lowest BCUT2D eigenvalue weighted by atomic mass is 9.70. The standard InChI is InChI=1S/C14H20O6S/c1-12-5-6-13(2,20-12)14(11(17)19-4,21-8-7-15)9(12)10(16)18-3/h5-6,9,15H,7-8H2,1-4H3. The molecule has 0 aromatic heterocycles. The highest BCUT2D eigenvalue weighted by atomic mass is 32.2. The topological polar surface area (TPSA) is 82.1 Å². The lowest BCUT2D eigenvalue weighted by Crippen LogP contribution is -2.60. The van der Waals surface area contributed by atoms with Crippen LogP contribution in [0, 0.1) is 5.92 Å². The highest BCUT2D eigenvalue weighted by Gasteiger charge is 2.76. The number of aliphatic hydroxyl groups is 1. The summed E-state index contributed by atoms with van der Waals surface area (Å²) < 4.78 is 14.6. The third-order valence-electron chi connectivity index (χ3n) is 4.23. The Kier molecular flexibility index (Phi) is 4.12. The average Bonchev–Trinajstić information content (AvgIpc) is 2.88. The van der Waals surface area contributed by atoms with Crippen molar-refractivity contribution in [1.29, 1.82) is 0 Å². The number of carbonyl (C=O) groups excluding carboxylic acids is 2. The number of rotatable bonds is 5. The van der Waals surface area contributed by atoms with Crippen molar-refractivity contribution in [2.45, 2.75) is 29.8 Å². The number of esters is 2. The molecule has 7 heteroatoms. The molecule has 1 N–H and O–H groups in total. The number of aliphatic hydroxyl groups excluding tert-OH is 1. The van der Waals surface area contributed by atoms with E-state index in [2.05, 4.69) is 0 Å². The molecule has 2 aliphatic heterocycles. The molecule has 0 spiro atoms. The number of thioether (sulfide) groups is 1. The molecule has 0 aromatic carbocycles. The molecule has 118 valence electrons. The predicted octanol–water partition coefficient (Wildman–Crippen LogP) is 0.530. The second kappa shape index (κ2) is 5.30. The highest BCUT2D eigenvalue weighted by Crippen LogP contribution is 2.62. The summed E-state index contributed by atoms with van der Waals surface area (Å²) in [6.45, 7) is 3.38. The predicted molar refractivity (Wildman–Crippen MR) is 76.8 cm³/mol. The van der Waals surface area contributed by atoms with Gasteiger partial charge in [-0.1, -0.05) is 12.2 Å². The van der Waals surface area contributed by atoms with Crippen molar-refractivity contribution < 1.29 is 28.9 Å². The van der Waals surface area contributed by atoms with E-state index in [1.54, 1.807) is 26.0 Å². The second-order valence-corrected chi connectivity index (χ2v) is 6.82. The zero-order valence-electron chi connectivity index (χ0n) is 12.5. The minimum absolute atomic E-state index is 0.117. The molecule has 0 aromatic rings. The van der Waals surface area contributed by atoms with E-state index in [0.29, 0.717) is 0 Å². The maximum absolute atomic E-state index is 12.6. The van der Waals surface area contributed by atoms with Crippen LogP contribution in [-0.4, -0.2) is 59.6 Å². The molecule has 21 heavy (non-hydrogen) atoms. The molecular weight excluding hydrogens is 296 g/mol. The van der Waals surface area contributed by atoms with Gasteiger partial charge in [-0.15, -0.1) is 11.8 Å². The summed E-state index contributed by atoms with van der Waals surface area (Å²) in [7, 11) is 2.56. The van der Waals surface area contributed by atoms with Gasteiger partial charge in [-0.3, -0.25) is 9.59 Å². The first-order valence-electron chi connectivity index (χ1n) is 6.63. The molecule has 1 fully saturated rings. The third-order valence-corrected chi connectivity index (χ3v) is 5.88. The summed E-state index contributed by atoms with van der Waals surface area (Å²) >= 11 is 1.17. The molecule has 0 aliphatic carbocycles. The van der Waals surface area contributed by atoms with Crippen LogP contribution in [0.4, 0.5) is 0 Å². The molecule has 4 unspecified atom stereocenters. The Bertz CT molecular complexity index is 492. The van der Waals surface area contributed by atoms with E-state index in [0.717, 1.165) is 0 Å². The molecule has 2 bridgehead atoms. The first-order valence-corrected chi connectivity index (χ1v) is 7.61.